The van der Waals surface area contributed by atoms with Crippen molar-refractivity contribution in [3.8, 4) is 6.07 Å². The largest absolute Gasteiger partial charge is 0.207 e. The molecule has 0 amide bonds. The molecule has 0 saturated heterocycles. The summed E-state index contributed by atoms with van der Waals surface area (Å²) in [5.41, 5.74) is 0.204. The van der Waals surface area contributed by atoms with E-state index in [9.17, 15) is 4.39 Å². The molecule has 0 bridgehead atoms. The van der Waals surface area contributed by atoms with Gasteiger partial charge in [0.25, 0.3) is 0 Å². The van der Waals surface area contributed by atoms with E-state index in [1.165, 1.54) is 0 Å². The molecule has 0 aromatic heterocycles. The summed E-state index contributed by atoms with van der Waals surface area (Å²) >= 11 is 8.61. The molecule has 1 nitrogen and oxygen atoms in total. The molecule has 1 rings (SSSR count). The molecule has 0 aliphatic rings. The molecule has 0 N–H and O–H groups in total. The van der Waals surface area contributed by atoms with Crippen LogP contribution in [0.2, 0.25) is 5.02 Å². The fourth-order valence-electron chi connectivity index (χ4n) is 0.637. The highest BCUT2D eigenvalue weighted by molar-refractivity contribution is 9.10. The third-order valence-corrected chi connectivity index (χ3v) is 2.49. The maximum Gasteiger partial charge on any atom is 0.126 e. The van der Waals surface area contributed by atoms with E-state index in [1.807, 2.05) is 0 Å². The van der Waals surface area contributed by atoms with Crippen LogP contribution in [0.1, 0.15) is 5.56 Å². The summed E-state index contributed by atoms with van der Waals surface area (Å²) in [5, 5.41) is 8.67. The molecule has 1 aromatic rings. The second-order valence-corrected chi connectivity index (χ2v) is 3.06. The van der Waals surface area contributed by atoms with Crippen molar-refractivity contribution in [2.45, 2.75) is 0 Å². The predicted octanol–water partition coefficient (Wildman–Crippen LogP) is 3.11. The standard InChI is InChI=1S/C7H2BrClFN/c8-7-4(3-11)1-5(10)2-6(7)9/h1-2H. The SMILES string of the molecule is N#Cc1cc(F)cc(Cl)c1Br. The molecule has 0 unspecified atom stereocenters. The van der Waals surface area contributed by atoms with Gasteiger partial charge >= 0.3 is 0 Å². The van der Waals surface area contributed by atoms with Gasteiger partial charge < -0.3 is 0 Å². The van der Waals surface area contributed by atoms with Gasteiger partial charge in [0.05, 0.1) is 15.1 Å². The van der Waals surface area contributed by atoms with Crippen LogP contribution in [-0.4, -0.2) is 0 Å². The minimum absolute atomic E-state index is 0.204. The number of halogens is 3. The highest BCUT2D eigenvalue weighted by Crippen LogP contribution is 2.26. The number of nitrogens with zero attached hydrogens (tertiary/aromatic N) is 1. The van der Waals surface area contributed by atoms with Crippen LogP contribution in [0.3, 0.4) is 0 Å². The monoisotopic (exact) mass is 233 g/mol. The minimum atomic E-state index is -0.505. The molecule has 11 heavy (non-hydrogen) atoms. The highest BCUT2D eigenvalue weighted by Gasteiger charge is 2.05. The average molecular weight is 234 g/mol. The van der Waals surface area contributed by atoms with Gasteiger partial charge in [-0.3, -0.25) is 0 Å². The Balaban J connectivity index is 3.39. The van der Waals surface area contributed by atoms with Crippen molar-refractivity contribution in [3.05, 3.63) is 33.0 Å². The van der Waals surface area contributed by atoms with E-state index in [2.05, 4.69) is 15.9 Å². The van der Waals surface area contributed by atoms with Gasteiger partial charge in [0.1, 0.15) is 11.9 Å². The molecule has 0 radical (unpaired) electrons. The summed E-state index contributed by atoms with van der Waals surface area (Å²) in [4.78, 5) is 0. The van der Waals surface area contributed by atoms with Gasteiger partial charge in [-0.2, -0.15) is 5.26 Å². The van der Waals surface area contributed by atoms with Crippen LogP contribution in [0, 0.1) is 17.1 Å². The Hall–Kier alpha value is -0.590. The summed E-state index contributed by atoms with van der Waals surface area (Å²) < 4.78 is 13.0. The zero-order chi connectivity index (χ0) is 8.43. The van der Waals surface area contributed by atoms with Gasteiger partial charge in [-0.25, -0.2) is 4.39 Å². The average Bonchev–Trinajstić information content (AvgIpc) is 1.96. The van der Waals surface area contributed by atoms with Crippen molar-refractivity contribution < 1.29 is 4.39 Å². The molecule has 0 heterocycles. The second kappa shape index (κ2) is 3.21. The Bertz CT molecular complexity index is 332. The van der Waals surface area contributed by atoms with Crippen LogP contribution in [0.5, 0.6) is 0 Å². The van der Waals surface area contributed by atoms with E-state index in [0.717, 1.165) is 12.1 Å². The smallest absolute Gasteiger partial charge is 0.126 e. The minimum Gasteiger partial charge on any atom is -0.207 e. The molecule has 56 valence electrons. The van der Waals surface area contributed by atoms with Crippen molar-refractivity contribution in [2.24, 2.45) is 0 Å². The molecule has 0 saturated carbocycles. The van der Waals surface area contributed by atoms with E-state index >= 15 is 0 Å². The van der Waals surface area contributed by atoms with Crippen LogP contribution >= 0.6 is 27.5 Å². The van der Waals surface area contributed by atoms with Crippen molar-refractivity contribution in [1.82, 2.24) is 0 Å². The molecule has 1 aromatic carbocycles. The summed E-state index contributed by atoms with van der Waals surface area (Å²) in [5.74, 6) is -0.505. The van der Waals surface area contributed by atoms with E-state index < -0.39 is 5.82 Å². The number of benzene rings is 1. The fourth-order valence-corrected chi connectivity index (χ4v) is 1.16. The molecular formula is C7H2BrClFN. The normalized spacial score (nSPS) is 9.27. The molecule has 0 aliphatic carbocycles. The molecule has 0 fully saturated rings. The summed E-state index contributed by atoms with van der Waals surface area (Å²) in [6.07, 6.45) is 0. The Morgan fingerprint density at radius 2 is 2.18 bits per heavy atom. The first-order chi connectivity index (χ1) is 5.15. The maximum absolute atomic E-state index is 12.5. The number of hydrogen-bond acceptors (Lipinski definition) is 1. The summed E-state index contributed by atoms with van der Waals surface area (Å²) in [6.45, 7) is 0. The Labute approximate surface area is 76.5 Å². The van der Waals surface area contributed by atoms with Crippen molar-refractivity contribution in [2.75, 3.05) is 0 Å². The van der Waals surface area contributed by atoms with E-state index in [-0.39, 0.29) is 10.6 Å². The van der Waals surface area contributed by atoms with Crippen LogP contribution in [0.15, 0.2) is 16.6 Å². The highest BCUT2D eigenvalue weighted by atomic mass is 79.9. The fraction of sp³-hybridized carbons (Fsp3) is 0. The molecule has 0 atom stereocenters. The molecular weight excluding hydrogens is 232 g/mol. The van der Waals surface area contributed by atoms with Crippen LogP contribution < -0.4 is 0 Å². The van der Waals surface area contributed by atoms with Gasteiger partial charge in [-0.15, -0.1) is 0 Å². The third kappa shape index (κ3) is 1.70. The lowest BCUT2D eigenvalue weighted by Gasteiger charge is -1.97. The van der Waals surface area contributed by atoms with Crippen LogP contribution in [-0.2, 0) is 0 Å². The van der Waals surface area contributed by atoms with E-state index in [4.69, 9.17) is 16.9 Å². The Morgan fingerprint density at radius 1 is 1.55 bits per heavy atom. The van der Waals surface area contributed by atoms with Crippen LogP contribution in [0.4, 0.5) is 4.39 Å². The maximum atomic E-state index is 12.5. The topological polar surface area (TPSA) is 23.8 Å². The zero-order valence-corrected chi connectivity index (χ0v) is 7.58. The second-order valence-electron chi connectivity index (χ2n) is 1.86. The summed E-state index contributed by atoms with van der Waals surface area (Å²) in [7, 11) is 0. The van der Waals surface area contributed by atoms with Gasteiger partial charge in [-0.1, -0.05) is 11.6 Å². The molecule has 0 aliphatic heterocycles. The number of hydrogen-bond donors (Lipinski definition) is 0. The van der Waals surface area contributed by atoms with Crippen LogP contribution in [0.25, 0.3) is 0 Å². The quantitative estimate of drug-likeness (QED) is 0.633. The third-order valence-electron chi connectivity index (χ3n) is 1.11. The van der Waals surface area contributed by atoms with E-state index in [1.54, 1.807) is 6.07 Å². The number of nitriles is 1. The first kappa shape index (κ1) is 8.51. The first-order valence-electron chi connectivity index (χ1n) is 2.70. The van der Waals surface area contributed by atoms with Gasteiger partial charge in [0, 0.05) is 0 Å². The van der Waals surface area contributed by atoms with Crippen molar-refractivity contribution in [1.29, 1.82) is 5.26 Å². The molecule has 0 spiro atoms. The van der Waals surface area contributed by atoms with Crippen molar-refractivity contribution >= 4 is 27.5 Å². The lowest BCUT2D eigenvalue weighted by atomic mass is 10.2. The van der Waals surface area contributed by atoms with Gasteiger partial charge in [0.2, 0.25) is 0 Å². The van der Waals surface area contributed by atoms with Gasteiger partial charge in [-0.05, 0) is 28.1 Å². The summed E-state index contributed by atoms with van der Waals surface area (Å²) in [6, 6.07) is 4.07. The lowest BCUT2D eigenvalue weighted by molar-refractivity contribution is 0.627. The van der Waals surface area contributed by atoms with E-state index in [0.29, 0.717) is 4.47 Å². The lowest BCUT2D eigenvalue weighted by Crippen LogP contribution is -1.82. The zero-order valence-electron chi connectivity index (χ0n) is 5.24. The van der Waals surface area contributed by atoms with Gasteiger partial charge in [0.15, 0.2) is 0 Å². The predicted molar refractivity (Wildman–Crippen MR) is 43.8 cm³/mol. The molecule has 4 heteroatoms. The number of rotatable bonds is 0. The Kier molecular flexibility index (Phi) is 2.48. The first-order valence-corrected chi connectivity index (χ1v) is 3.87. The Morgan fingerprint density at radius 3 is 2.73 bits per heavy atom. The van der Waals surface area contributed by atoms with Crippen molar-refractivity contribution in [3.63, 3.8) is 0 Å².